The second kappa shape index (κ2) is 10.0. The van der Waals surface area contributed by atoms with E-state index in [1.165, 1.54) is 23.5 Å². The quantitative estimate of drug-likeness (QED) is 0.269. The maximum atomic E-state index is 12.7. The third-order valence-electron chi connectivity index (χ3n) is 4.98. The van der Waals surface area contributed by atoms with Crippen LogP contribution >= 0.6 is 24.0 Å². The Bertz CT molecular complexity index is 895. The van der Waals surface area contributed by atoms with E-state index in [1.807, 2.05) is 0 Å². The molecule has 1 aromatic carbocycles. The number of nitro benzene ring substituents is 1. The molecule has 1 N–H and O–H groups in total. The van der Waals surface area contributed by atoms with Gasteiger partial charge in [-0.05, 0) is 44.2 Å². The molecule has 1 heterocycles. The van der Waals surface area contributed by atoms with Crippen molar-refractivity contribution in [1.29, 1.82) is 0 Å². The Morgan fingerprint density at radius 2 is 2.10 bits per heavy atom. The lowest BCUT2D eigenvalue weighted by atomic mass is 9.97. The number of non-ortho nitro benzene ring substituents is 1. The van der Waals surface area contributed by atoms with Crippen molar-refractivity contribution in [3.05, 3.63) is 38.8 Å². The first kappa shape index (κ1) is 22.2. The highest BCUT2D eigenvalue weighted by Gasteiger charge is 2.32. The Morgan fingerprint density at radius 1 is 1.37 bits per heavy atom. The summed E-state index contributed by atoms with van der Waals surface area (Å²) >= 11 is 6.36. The van der Waals surface area contributed by atoms with Gasteiger partial charge in [0.1, 0.15) is 10.1 Å². The molecule has 0 radical (unpaired) electrons. The van der Waals surface area contributed by atoms with Crippen molar-refractivity contribution in [1.82, 2.24) is 4.90 Å². The number of hydrogen-bond donors (Lipinski definition) is 1. The lowest BCUT2D eigenvalue weighted by Gasteiger charge is -2.23. The van der Waals surface area contributed by atoms with Crippen LogP contribution in [-0.2, 0) is 9.59 Å². The first-order valence-corrected chi connectivity index (χ1v) is 11.0. The number of nitro groups is 1. The van der Waals surface area contributed by atoms with E-state index in [0.29, 0.717) is 27.0 Å². The van der Waals surface area contributed by atoms with Gasteiger partial charge in [0, 0.05) is 30.7 Å². The first-order valence-electron chi connectivity index (χ1n) is 9.77. The molecule has 10 heteroatoms. The minimum Gasteiger partial charge on any atom is -0.490 e. The van der Waals surface area contributed by atoms with Crippen LogP contribution in [0.25, 0.3) is 6.08 Å². The number of ether oxygens (including phenoxy) is 1. The summed E-state index contributed by atoms with van der Waals surface area (Å²) in [6, 6.07) is 4.37. The van der Waals surface area contributed by atoms with E-state index < -0.39 is 10.9 Å². The molecule has 2 fully saturated rings. The van der Waals surface area contributed by atoms with Crippen LogP contribution in [0.2, 0.25) is 0 Å². The van der Waals surface area contributed by atoms with Gasteiger partial charge in [-0.3, -0.25) is 24.6 Å². The van der Waals surface area contributed by atoms with Gasteiger partial charge < -0.3 is 9.84 Å². The molecule has 1 amide bonds. The van der Waals surface area contributed by atoms with Gasteiger partial charge in [0.25, 0.3) is 11.6 Å². The number of rotatable bonds is 8. The molecule has 0 atom stereocenters. The normalized spacial score (nSPS) is 18.8. The molecule has 1 saturated heterocycles. The highest BCUT2D eigenvalue weighted by molar-refractivity contribution is 8.26. The summed E-state index contributed by atoms with van der Waals surface area (Å²) in [5.41, 5.74) is 0.370. The molecule has 3 rings (SSSR count). The Morgan fingerprint density at radius 3 is 2.77 bits per heavy atom. The number of amides is 1. The summed E-state index contributed by atoms with van der Waals surface area (Å²) in [5.74, 6) is -0.758. The van der Waals surface area contributed by atoms with Gasteiger partial charge in [-0.1, -0.05) is 30.4 Å². The fraction of sp³-hybridized carbons (Fsp3) is 0.450. The van der Waals surface area contributed by atoms with Gasteiger partial charge in [-0.25, -0.2) is 0 Å². The number of carbonyl (C=O) groups is 2. The molecule has 30 heavy (non-hydrogen) atoms. The average molecular weight is 451 g/mol. The van der Waals surface area contributed by atoms with Gasteiger partial charge >= 0.3 is 5.97 Å². The second-order valence-corrected chi connectivity index (χ2v) is 8.86. The summed E-state index contributed by atoms with van der Waals surface area (Å²) in [7, 11) is 0. The van der Waals surface area contributed by atoms with Gasteiger partial charge in [0.05, 0.1) is 15.9 Å². The number of carbonyl (C=O) groups excluding carboxylic acids is 1. The lowest BCUT2D eigenvalue weighted by molar-refractivity contribution is -0.384. The fourth-order valence-corrected chi connectivity index (χ4v) is 4.75. The third-order valence-corrected chi connectivity index (χ3v) is 6.36. The van der Waals surface area contributed by atoms with Gasteiger partial charge in [-0.15, -0.1) is 0 Å². The number of aliphatic carboxylic acids is 1. The molecule has 1 saturated carbocycles. The Kier molecular flexibility index (Phi) is 7.43. The Balaban J connectivity index is 1.83. The second-order valence-electron chi connectivity index (χ2n) is 7.19. The van der Waals surface area contributed by atoms with Crippen molar-refractivity contribution in [2.45, 2.75) is 51.0 Å². The minimum atomic E-state index is -0.933. The zero-order valence-corrected chi connectivity index (χ0v) is 17.9. The summed E-state index contributed by atoms with van der Waals surface area (Å²) in [6.07, 6.45) is 7.08. The van der Waals surface area contributed by atoms with E-state index in [-0.39, 0.29) is 30.7 Å². The molecular weight excluding hydrogens is 428 g/mol. The number of nitrogens with zero attached hydrogens (tertiary/aromatic N) is 2. The standard InChI is InChI=1S/C20H22N2O6S2/c23-18(24)7-4-10-21-19(25)17(30-20(21)29)12-13-11-14(22(26)27)8-9-16(13)28-15-5-2-1-3-6-15/h8-9,11-12,15H,1-7,10H2,(H,23,24). The largest absolute Gasteiger partial charge is 0.490 e. The molecule has 0 bridgehead atoms. The lowest BCUT2D eigenvalue weighted by Crippen LogP contribution is -2.29. The fourth-order valence-electron chi connectivity index (χ4n) is 3.45. The molecule has 8 nitrogen and oxygen atoms in total. The Hall–Kier alpha value is -2.46. The highest BCUT2D eigenvalue weighted by atomic mass is 32.2. The van der Waals surface area contributed by atoms with Crippen LogP contribution in [0.4, 0.5) is 5.69 Å². The van der Waals surface area contributed by atoms with E-state index in [0.717, 1.165) is 37.4 Å². The van der Waals surface area contributed by atoms with Crippen molar-refractivity contribution in [3.63, 3.8) is 0 Å². The van der Waals surface area contributed by atoms with Crippen LogP contribution in [0.1, 0.15) is 50.5 Å². The van der Waals surface area contributed by atoms with Gasteiger partial charge in [-0.2, -0.15) is 0 Å². The number of hydrogen-bond acceptors (Lipinski definition) is 7. The van der Waals surface area contributed by atoms with Crippen LogP contribution in [0.5, 0.6) is 5.75 Å². The van der Waals surface area contributed by atoms with Crippen LogP contribution in [0.15, 0.2) is 23.1 Å². The highest BCUT2D eigenvalue weighted by Crippen LogP contribution is 2.36. The molecule has 0 spiro atoms. The molecule has 160 valence electrons. The van der Waals surface area contributed by atoms with Crippen molar-refractivity contribution < 1.29 is 24.4 Å². The van der Waals surface area contributed by atoms with Gasteiger partial charge in [0.15, 0.2) is 0 Å². The SMILES string of the molecule is O=C(O)CCCN1C(=O)C(=Cc2cc([N+](=O)[O-])ccc2OC2CCCCC2)SC1=S. The topological polar surface area (TPSA) is 110 Å². The van der Waals surface area contributed by atoms with E-state index in [2.05, 4.69) is 0 Å². The summed E-state index contributed by atoms with van der Waals surface area (Å²) in [5, 5.41) is 20.0. The minimum absolute atomic E-state index is 0.0536. The molecule has 1 aliphatic carbocycles. The maximum absolute atomic E-state index is 12.7. The molecule has 1 aromatic rings. The smallest absolute Gasteiger partial charge is 0.303 e. The first-order chi connectivity index (χ1) is 14.3. The van der Waals surface area contributed by atoms with Crippen molar-refractivity contribution in [2.75, 3.05) is 6.54 Å². The number of carboxylic acids is 1. The molecular formula is C20H22N2O6S2. The monoisotopic (exact) mass is 450 g/mol. The number of thiocarbonyl (C=S) groups is 1. The van der Waals surface area contributed by atoms with Crippen LogP contribution in [0, 0.1) is 10.1 Å². The van der Waals surface area contributed by atoms with Crippen LogP contribution < -0.4 is 4.74 Å². The predicted octanol–water partition coefficient (Wildman–Crippen LogP) is 4.37. The number of carboxylic acid groups (broad SMARTS) is 1. The zero-order valence-electron chi connectivity index (χ0n) is 16.2. The maximum Gasteiger partial charge on any atom is 0.303 e. The van der Waals surface area contributed by atoms with E-state index >= 15 is 0 Å². The van der Waals surface area contributed by atoms with E-state index in [4.69, 9.17) is 22.1 Å². The van der Waals surface area contributed by atoms with Crippen molar-refractivity contribution in [2.24, 2.45) is 0 Å². The van der Waals surface area contributed by atoms with Crippen molar-refractivity contribution >= 4 is 51.9 Å². The Labute approximate surface area is 183 Å². The molecule has 2 aliphatic rings. The average Bonchev–Trinajstić information content (AvgIpc) is 2.97. The van der Waals surface area contributed by atoms with Crippen molar-refractivity contribution in [3.8, 4) is 5.75 Å². The number of thioether (sulfide) groups is 1. The predicted molar refractivity (Wildman–Crippen MR) is 117 cm³/mol. The summed E-state index contributed by atoms with van der Waals surface area (Å²) in [4.78, 5) is 35.9. The molecule has 0 aromatic heterocycles. The van der Waals surface area contributed by atoms with Crippen LogP contribution in [0.3, 0.4) is 0 Å². The third kappa shape index (κ3) is 5.57. The zero-order chi connectivity index (χ0) is 21.7. The van der Waals surface area contributed by atoms with E-state index in [1.54, 1.807) is 12.1 Å². The number of benzene rings is 1. The molecule has 1 aliphatic heterocycles. The van der Waals surface area contributed by atoms with Gasteiger partial charge in [0.2, 0.25) is 0 Å². The van der Waals surface area contributed by atoms with Crippen LogP contribution in [-0.4, -0.2) is 43.8 Å². The summed E-state index contributed by atoms with van der Waals surface area (Å²) < 4.78 is 6.46. The van der Waals surface area contributed by atoms with E-state index in [9.17, 15) is 19.7 Å². The molecule has 0 unspecified atom stereocenters. The summed E-state index contributed by atoms with van der Waals surface area (Å²) in [6.45, 7) is 0.217.